The summed E-state index contributed by atoms with van der Waals surface area (Å²) in [5, 5.41) is 3.37. The molecule has 0 spiro atoms. The molecule has 2 rings (SSSR count). The van der Waals surface area contributed by atoms with Crippen LogP contribution in [0.1, 0.15) is 19.4 Å². The summed E-state index contributed by atoms with van der Waals surface area (Å²) < 4.78 is 26.5. The van der Waals surface area contributed by atoms with E-state index in [9.17, 15) is 13.2 Å². The molecule has 9 heteroatoms. The van der Waals surface area contributed by atoms with Gasteiger partial charge < -0.3 is 4.84 Å². The van der Waals surface area contributed by atoms with Crippen LogP contribution in [0.5, 0.6) is 0 Å². The molecule has 0 radical (unpaired) electrons. The van der Waals surface area contributed by atoms with Crippen LogP contribution in [0.4, 0.5) is 5.69 Å². The van der Waals surface area contributed by atoms with Gasteiger partial charge in [0.25, 0.3) is 0 Å². The molecule has 0 fully saturated rings. The van der Waals surface area contributed by atoms with E-state index in [1.54, 1.807) is 12.1 Å². The molecule has 1 aromatic carbocycles. The smallest absolute Gasteiger partial charge is 0.368 e. The summed E-state index contributed by atoms with van der Waals surface area (Å²) >= 11 is 0. The number of hydrogen-bond donors (Lipinski definition) is 1. The zero-order valence-corrected chi connectivity index (χ0v) is 13.0. The van der Waals surface area contributed by atoms with E-state index in [2.05, 4.69) is 19.3 Å². The molecule has 0 unspecified atom stereocenters. The number of oxime groups is 1. The van der Waals surface area contributed by atoms with E-state index < -0.39 is 27.2 Å². The zero-order valence-electron chi connectivity index (χ0n) is 12.2. The molecule has 22 heavy (non-hydrogen) atoms. The van der Waals surface area contributed by atoms with E-state index >= 15 is 0 Å². The predicted molar refractivity (Wildman–Crippen MR) is 80.2 cm³/mol. The molecular weight excluding hydrogens is 310 g/mol. The van der Waals surface area contributed by atoms with Crippen molar-refractivity contribution in [3.8, 4) is 0 Å². The van der Waals surface area contributed by atoms with Gasteiger partial charge in [-0.15, -0.1) is 0 Å². The van der Waals surface area contributed by atoms with Crippen LogP contribution in [0.2, 0.25) is 0 Å². The van der Waals surface area contributed by atoms with Crippen LogP contribution in [0.25, 0.3) is 0 Å². The van der Waals surface area contributed by atoms with Gasteiger partial charge in [0.05, 0.1) is 17.7 Å². The van der Waals surface area contributed by atoms with Crippen molar-refractivity contribution in [2.24, 2.45) is 16.0 Å². The SMILES string of the molecule is CC1(C)C(C(=NOS(C)(=O)=O)C(=O)ON)=Nc2ccccc21. The minimum Gasteiger partial charge on any atom is -0.368 e. The van der Waals surface area contributed by atoms with Gasteiger partial charge in [-0.25, -0.2) is 9.79 Å². The summed E-state index contributed by atoms with van der Waals surface area (Å²) in [6.45, 7) is 3.63. The second kappa shape index (κ2) is 5.50. The summed E-state index contributed by atoms with van der Waals surface area (Å²) in [6, 6.07) is 7.26. The minimum absolute atomic E-state index is 0.216. The Morgan fingerprint density at radius 2 is 1.95 bits per heavy atom. The predicted octanol–water partition coefficient (Wildman–Crippen LogP) is 0.799. The molecule has 0 aliphatic carbocycles. The molecule has 1 heterocycles. The third-order valence-electron chi connectivity index (χ3n) is 3.19. The molecule has 0 atom stereocenters. The monoisotopic (exact) mass is 325 g/mol. The molecule has 0 amide bonds. The average molecular weight is 325 g/mol. The second-order valence-corrected chi connectivity index (χ2v) is 6.78. The quantitative estimate of drug-likeness (QED) is 0.645. The van der Waals surface area contributed by atoms with Gasteiger partial charge in [0.15, 0.2) is 0 Å². The van der Waals surface area contributed by atoms with Crippen LogP contribution in [0.3, 0.4) is 0 Å². The fourth-order valence-electron chi connectivity index (χ4n) is 2.17. The van der Waals surface area contributed by atoms with E-state index in [0.717, 1.165) is 11.8 Å². The van der Waals surface area contributed by atoms with Crippen molar-refractivity contribution in [3.63, 3.8) is 0 Å². The number of rotatable bonds is 4. The van der Waals surface area contributed by atoms with Crippen molar-refractivity contribution < 1.29 is 22.3 Å². The number of carbonyl (C=O) groups is 1. The molecule has 0 bridgehead atoms. The number of fused-ring (bicyclic) bond motifs is 1. The standard InChI is InChI=1S/C13H15N3O5S/c1-13(2)8-6-4-5-7-9(8)15-11(13)10(12(17)20-14)16-21-22(3,18)19/h4-7H,14H2,1-3H3. The molecule has 0 aromatic heterocycles. The number of para-hydroxylation sites is 1. The number of nitrogens with zero attached hydrogens (tertiary/aromatic N) is 2. The molecule has 2 N–H and O–H groups in total. The van der Waals surface area contributed by atoms with Crippen molar-refractivity contribution in [1.29, 1.82) is 0 Å². The zero-order chi connectivity index (χ0) is 16.5. The molecule has 0 saturated heterocycles. The Bertz CT molecular complexity index is 781. The van der Waals surface area contributed by atoms with Gasteiger partial charge in [0.2, 0.25) is 5.71 Å². The van der Waals surface area contributed by atoms with Crippen LogP contribution in [0.15, 0.2) is 34.4 Å². The third-order valence-corrected chi connectivity index (χ3v) is 3.54. The lowest BCUT2D eigenvalue weighted by atomic mass is 9.80. The number of carbonyl (C=O) groups excluding carboxylic acids is 1. The maximum Gasteiger partial charge on any atom is 0.380 e. The van der Waals surface area contributed by atoms with Gasteiger partial charge in [-0.05, 0) is 25.5 Å². The Labute approximate surface area is 127 Å². The topological polar surface area (TPSA) is 120 Å². The van der Waals surface area contributed by atoms with Crippen molar-refractivity contribution in [2.45, 2.75) is 19.3 Å². The molecular formula is C13H15N3O5S. The van der Waals surface area contributed by atoms with E-state index in [0.29, 0.717) is 5.69 Å². The Morgan fingerprint density at radius 3 is 2.50 bits per heavy atom. The summed E-state index contributed by atoms with van der Waals surface area (Å²) in [5.74, 6) is 3.84. The number of hydrogen-bond acceptors (Lipinski definition) is 8. The van der Waals surface area contributed by atoms with Gasteiger partial charge in [-0.1, -0.05) is 23.4 Å². The minimum atomic E-state index is -3.89. The van der Waals surface area contributed by atoms with Crippen molar-refractivity contribution in [1.82, 2.24) is 0 Å². The summed E-state index contributed by atoms with van der Waals surface area (Å²) in [4.78, 5) is 20.3. The van der Waals surface area contributed by atoms with Gasteiger partial charge in [0, 0.05) is 5.41 Å². The van der Waals surface area contributed by atoms with Gasteiger partial charge in [-0.3, -0.25) is 4.28 Å². The van der Waals surface area contributed by atoms with Crippen LogP contribution in [-0.4, -0.2) is 32.1 Å². The van der Waals surface area contributed by atoms with Crippen LogP contribution >= 0.6 is 0 Å². The largest absolute Gasteiger partial charge is 0.380 e. The molecule has 1 aromatic rings. The van der Waals surface area contributed by atoms with E-state index in [1.807, 2.05) is 26.0 Å². The van der Waals surface area contributed by atoms with E-state index in [1.165, 1.54) is 0 Å². The molecule has 8 nitrogen and oxygen atoms in total. The summed E-state index contributed by atoms with van der Waals surface area (Å²) in [6.07, 6.45) is 0.804. The van der Waals surface area contributed by atoms with E-state index in [-0.39, 0.29) is 5.71 Å². The first-order valence-electron chi connectivity index (χ1n) is 6.23. The van der Waals surface area contributed by atoms with Gasteiger partial charge in [0.1, 0.15) is 0 Å². The Hall–Kier alpha value is -2.26. The van der Waals surface area contributed by atoms with Crippen molar-refractivity contribution in [2.75, 3.05) is 6.26 Å². The highest BCUT2D eigenvalue weighted by Crippen LogP contribution is 2.40. The molecule has 1 aliphatic rings. The van der Waals surface area contributed by atoms with Gasteiger partial charge >= 0.3 is 16.1 Å². The number of nitrogens with two attached hydrogens (primary N) is 1. The van der Waals surface area contributed by atoms with Crippen molar-refractivity contribution in [3.05, 3.63) is 29.8 Å². The number of benzene rings is 1. The first kappa shape index (κ1) is 16.1. The molecule has 118 valence electrons. The Balaban J connectivity index is 2.53. The van der Waals surface area contributed by atoms with Crippen LogP contribution in [0, 0.1) is 0 Å². The normalized spacial score (nSPS) is 16.7. The maximum absolute atomic E-state index is 11.8. The highest BCUT2D eigenvalue weighted by molar-refractivity contribution is 7.85. The lowest BCUT2D eigenvalue weighted by Crippen LogP contribution is -2.38. The van der Waals surface area contributed by atoms with E-state index in [4.69, 9.17) is 5.90 Å². The summed E-state index contributed by atoms with van der Waals surface area (Å²) in [7, 11) is -3.89. The average Bonchev–Trinajstić information content (AvgIpc) is 2.70. The fraction of sp³-hybridized carbons (Fsp3) is 0.308. The second-order valence-electron chi connectivity index (χ2n) is 5.23. The lowest BCUT2D eigenvalue weighted by molar-refractivity contribution is -0.135. The lowest BCUT2D eigenvalue weighted by Gasteiger charge is -2.21. The Morgan fingerprint density at radius 1 is 1.32 bits per heavy atom. The Kier molecular flexibility index (Phi) is 4.03. The van der Waals surface area contributed by atoms with Gasteiger partial charge in [-0.2, -0.15) is 14.3 Å². The number of aliphatic imine (C=N–C) groups is 1. The highest BCUT2D eigenvalue weighted by atomic mass is 32.2. The fourth-order valence-corrected chi connectivity index (χ4v) is 2.38. The van der Waals surface area contributed by atoms with Crippen molar-refractivity contribution >= 4 is 33.2 Å². The van der Waals surface area contributed by atoms with Crippen LogP contribution < -0.4 is 5.90 Å². The third kappa shape index (κ3) is 3.00. The first-order chi connectivity index (χ1) is 10.2. The van der Waals surface area contributed by atoms with Crippen LogP contribution in [-0.2, 0) is 29.4 Å². The highest BCUT2D eigenvalue weighted by Gasteiger charge is 2.41. The first-order valence-corrected chi connectivity index (χ1v) is 8.05. The molecule has 1 aliphatic heterocycles. The molecule has 0 saturated carbocycles. The maximum atomic E-state index is 11.8. The summed E-state index contributed by atoms with van der Waals surface area (Å²) in [5.41, 5.74) is 0.646.